The summed E-state index contributed by atoms with van der Waals surface area (Å²) in [4.78, 5) is 0. The summed E-state index contributed by atoms with van der Waals surface area (Å²) < 4.78 is 101. The molecule has 0 atom stereocenters. The van der Waals surface area contributed by atoms with E-state index in [1.54, 1.807) is 97.0 Å². The number of rotatable bonds is 0. The van der Waals surface area contributed by atoms with Crippen molar-refractivity contribution in [1.29, 1.82) is 0 Å². The second-order valence-corrected chi connectivity index (χ2v) is 24.0. The van der Waals surface area contributed by atoms with E-state index in [4.69, 9.17) is 92.8 Å². The summed E-state index contributed by atoms with van der Waals surface area (Å²) in [6, 6.07) is 35.0. The molecule has 0 aromatic heterocycles. The van der Waals surface area contributed by atoms with Crippen LogP contribution >= 0.6 is 92.8 Å². The smallest absolute Gasteiger partial charge is 0.161 e. The van der Waals surface area contributed by atoms with Gasteiger partial charge in [0.05, 0.1) is 20.1 Å². The zero-order valence-corrected chi connectivity index (χ0v) is 58.6. The van der Waals surface area contributed by atoms with Crippen molar-refractivity contribution in [2.24, 2.45) is 0 Å². The van der Waals surface area contributed by atoms with E-state index in [0.717, 1.165) is 65.1 Å². The van der Waals surface area contributed by atoms with Crippen molar-refractivity contribution in [2.75, 3.05) is 0 Å². The number of aryl methyl sites for hydroxylation is 15. The zero-order chi connectivity index (χ0) is 67.8. The maximum atomic E-state index is 12.9. The van der Waals surface area contributed by atoms with E-state index in [0.29, 0.717) is 54.0 Å². The summed E-state index contributed by atoms with van der Waals surface area (Å²) in [5, 5.41) is 4.64. The van der Waals surface area contributed by atoms with Crippen LogP contribution < -0.4 is 0 Å². The highest BCUT2D eigenvalue weighted by atomic mass is 35.5. The van der Waals surface area contributed by atoms with Crippen molar-refractivity contribution >= 4 is 92.8 Å². The predicted molar refractivity (Wildman–Crippen MR) is 363 cm³/mol. The molecule has 0 saturated carbocycles. The summed E-state index contributed by atoms with van der Waals surface area (Å²) in [6.45, 7) is 32.0. The van der Waals surface area contributed by atoms with Crippen molar-refractivity contribution in [3.63, 3.8) is 0 Å². The molecule has 9 aromatic carbocycles. The normalized spacial score (nSPS) is 9.93. The average molecular weight is 1370 g/mol. The Kier molecular flexibility index (Phi) is 35.9. The number of hydrogen-bond acceptors (Lipinski definition) is 0. The van der Waals surface area contributed by atoms with E-state index in [1.165, 1.54) is 50.6 Å². The molecule has 0 aliphatic rings. The summed E-state index contributed by atoms with van der Waals surface area (Å²) in [5.41, 5.74) is 13.7. The summed E-state index contributed by atoms with van der Waals surface area (Å²) in [6.07, 6.45) is 0. The van der Waals surface area contributed by atoms with Crippen LogP contribution in [0.5, 0.6) is 0 Å². The monoisotopic (exact) mass is 1370 g/mol. The average Bonchev–Trinajstić information content (AvgIpc) is 3.48. The van der Waals surface area contributed by atoms with Crippen LogP contribution in [-0.4, -0.2) is 0 Å². The lowest BCUT2D eigenvalue weighted by Crippen LogP contribution is -1.91. The number of halogens is 16. The lowest BCUT2D eigenvalue weighted by molar-refractivity contribution is 0.497. The number of hydrogen-bond donors (Lipinski definition) is 0. The first-order valence-corrected chi connectivity index (χ1v) is 30.1. The third-order valence-corrected chi connectivity index (χ3v) is 16.4. The molecule has 88 heavy (non-hydrogen) atoms. The molecule has 0 radical (unpaired) electrons. The van der Waals surface area contributed by atoms with Gasteiger partial charge in [-0.1, -0.05) is 166 Å². The molecule has 0 spiro atoms. The van der Waals surface area contributed by atoms with E-state index < -0.39 is 23.3 Å². The minimum Gasteiger partial charge on any atom is -0.207 e. The molecule has 0 amide bonds. The predicted octanol–water partition coefficient (Wildman–Crippen LogP) is 27.1. The minimum atomic E-state index is -0.736. The van der Waals surface area contributed by atoms with Gasteiger partial charge in [0.15, 0.2) is 11.6 Å². The van der Waals surface area contributed by atoms with Gasteiger partial charge >= 0.3 is 0 Å². The van der Waals surface area contributed by atoms with Gasteiger partial charge in [0, 0.05) is 31.2 Å². The van der Waals surface area contributed by atoms with Crippen LogP contribution in [0.25, 0.3) is 0 Å². The molecule has 0 bridgehead atoms. The van der Waals surface area contributed by atoms with E-state index in [9.17, 15) is 35.1 Å². The minimum absolute atomic E-state index is 0.0885. The van der Waals surface area contributed by atoms with Gasteiger partial charge in [0.25, 0.3) is 0 Å². The lowest BCUT2D eigenvalue weighted by Gasteiger charge is -2.01. The Morgan fingerprint density at radius 1 is 0.193 bits per heavy atom. The Morgan fingerprint density at radius 3 is 0.739 bits per heavy atom. The van der Waals surface area contributed by atoms with Crippen molar-refractivity contribution in [1.82, 2.24) is 0 Å². The molecule has 9 aromatic rings. The fourth-order valence-electron chi connectivity index (χ4n) is 6.68. The molecule has 9 rings (SSSR count). The van der Waals surface area contributed by atoms with Crippen LogP contribution in [0, 0.1) is 171 Å². The highest BCUT2D eigenvalue weighted by molar-refractivity contribution is 6.43. The molecule has 0 aliphatic carbocycles. The van der Waals surface area contributed by atoms with Crippen LogP contribution in [0.1, 0.15) is 100 Å². The SMILES string of the molecule is Cc1cc(Cl)c(C)c(Cl)c1.Cc1cc(F)c(C)c(Cl)c1.Cc1cc(F)c(C)c(F)c1.Cc1ccc(C)c(Cl)c1.Cc1ccc(C)c(Cl)c1Cl.Cc1ccc(C)c(Cl)c1F.Cc1ccc(C)c(Cl)c1F.Cc1ccc(C)c(F)c1.Cc1ccc(C)c(F)c1F. The van der Waals surface area contributed by atoms with Gasteiger partial charge in [-0.2, -0.15) is 0 Å². The van der Waals surface area contributed by atoms with Gasteiger partial charge in [-0.05, 0) is 262 Å². The lowest BCUT2D eigenvalue weighted by atomic mass is 10.1. The molecule has 0 fully saturated rings. The molecule has 0 N–H and O–H groups in total. The van der Waals surface area contributed by atoms with Crippen molar-refractivity contribution in [3.8, 4) is 0 Å². The van der Waals surface area contributed by atoms with Gasteiger partial charge in [0.1, 0.15) is 34.9 Å². The van der Waals surface area contributed by atoms with Gasteiger partial charge in [0.2, 0.25) is 0 Å². The summed E-state index contributed by atoms with van der Waals surface area (Å²) in [5.74, 6) is -3.38. The molecule has 0 heterocycles. The van der Waals surface area contributed by atoms with E-state index in [-0.39, 0.29) is 38.9 Å². The van der Waals surface area contributed by atoms with Crippen LogP contribution in [0.15, 0.2) is 121 Å². The third-order valence-electron chi connectivity index (χ3n) is 12.8. The van der Waals surface area contributed by atoms with Crippen LogP contribution in [-0.2, 0) is 0 Å². The summed E-state index contributed by atoms with van der Waals surface area (Å²) >= 11 is 46.1. The van der Waals surface area contributed by atoms with E-state index >= 15 is 0 Å². The van der Waals surface area contributed by atoms with Gasteiger partial charge in [-0.25, -0.2) is 35.1 Å². The number of benzene rings is 9. The third kappa shape index (κ3) is 27.5. The summed E-state index contributed by atoms with van der Waals surface area (Å²) in [7, 11) is 0. The molecule has 0 saturated heterocycles. The second-order valence-electron chi connectivity index (χ2n) is 20.9. The Morgan fingerprint density at radius 2 is 0.432 bits per heavy atom. The van der Waals surface area contributed by atoms with Crippen molar-refractivity contribution in [3.05, 3.63) is 308 Å². The van der Waals surface area contributed by atoms with Crippen LogP contribution in [0.4, 0.5) is 35.1 Å². The molecule has 16 heteroatoms. The zero-order valence-electron chi connectivity index (χ0n) is 52.6. The van der Waals surface area contributed by atoms with Gasteiger partial charge in [-0.15, -0.1) is 0 Å². The van der Waals surface area contributed by atoms with E-state index in [2.05, 4.69) is 6.07 Å². The fourth-order valence-corrected chi connectivity index (χ4v) is 8.62. The van der Waals surface area contributed by atoms with Gasteiger partial charge in [-0.3, -0.25) is 0 Å². The van der Waals surface area contributed by atoms with E-state index in [1.807, 2.05) is 97.9 Å². The molecule has 0 nitrogen and oxygen atoms in total. The van der Waals surface area contributed by atoms with Crippen LogP contribution in [0.2, 0.25) is 40.2 Å². The molecular formula is C72H74Cl8F8. The standard InChI is InChI=1S/2C8H8Cl2.3C8H8ClF.C8H9Cl.2C8H8F2.C8H9F/c1-5-3-7(9)6(2)8(10)4-5;1-5-3-4-6(2)8(10)7(5)9;1-5-3-7(9)6(2)8(10)4-5;2*1-5-3-4-6(2)8(10)7(5)9;1-6-3-4-7(2)8(9)5-6;1-5-3-7(9)6(2)8(10)4-5;1-5-3-4-6(2)8(10)7(5)9;1-6-3-4-7(2)8(9)5-6/h5*3-4H,1-2H3;3-5H,1-2H3;2*3-4H,1-2H3;3-5H,1-2H3. The van der Waals surface area contributed by atoms with Crippen molar-refractivity contribution < 1.29 is 35.1 Å². The Balaban J connectivity index is 0.000000495. The Bertz CT molecular complexity index is 3190. The molecule has 474 valence electrons. The molecular weight excluding hydrogens is 1300 g/mol. The highest BCUT2D eigenvalue weighted by Gasteiger charge is 2.09. The Hall–Kier alpha value is -5.26. The highest BCUT2D eigenvalue weighted by Crippen LogP contribution is 2.29. The Labute approximate surface area is 556 Å². The molecule has 0 aliphatic heterocycles. The fraction of sp³-hybridized carbons (Fsp3) is 0.250. The maximum Gasteiger partial charge on any atom is 0.161 e. The second kappa shape index (κ2) is 39.1. The van der Waals surface area contributed by atoms with Gasteiger partial charge < -0.3 is 0 Å². The molecule has 0 unspecified atom stereocenters. The first-order chi connectivity index (χ1) is 40.7. The quantitative estimate of drug-likeness (QED) is 0.133. The van der Waals surface area contributed by atoms with Crippen LogP contribution in [0.3, 0.4) is 0 Å². The topological polar surface area (TPSA) is 0 Å². The maximum absolute atomic E-state index is 12.9. The largest absolute Gasteiger partial charge is 0.207 e. The van der Waals surface area contributed by atoms with Crippen molar-refractivity contribution in [2.45, 2.75) is 125 Å². The first kappa shape index (κ1) is 80.8. The first-order valence-electron chi connectivity index (χ1n) is 27.1.